The number of nitrogens with zero attached hydrogens (tertiary/aromatic N) is 1. The molecule has 0 aromatic heterocycles. The van der Waals surface area contributed by atoms with Crippen LogP contribution in [0.25, 0.3) is 0 Å². The van der Waals surface area contributed by atoms with E-state index in [1.54, 1.807) is 0 Å². The van der Waals surface area contributed by atoms with Crippen molar-refractivity contribution in [2.75, 3.05) is 24.2 Å². The zero-order valence-corrected chi connectivity index (χ0v) is 11.8. The molecule has 1 unspecified atom stereocenters. The third-order valence-corrected chi connectivity index (χ3v) is 3.97. The fourth-order valence-corrected chi connectivity index (χ4v) is 3.10. The Morgan fingerprint density at radius 3 is 2.82 bits per heavy atom. The van der Waals surface area contributed by atoms with Crippen LogP contribution in [-0.4, -0.2) is 31.4 Å². The van der Waals surface area contributed by atoms with E-state index < -0.39 is 0 Å². The maximum absolute atomic E-state index is 3.63. The van der Waals surface area contributed by atoms with Crippen molar-refractivity contribution in [2.45, 2.75) is 37.2 Å². The Morgan fingerprint density at radius 1 is 1.35 bits per heavy atom. The average molecular weight is 250 g/mol. The van der Waals surface area contributed by atoms with Crippen molar-refractivity contribution in [3.05, 3.63) is 24.3 Å². The third-order valence-electron chi connectivity index (χ3n) is 3.18. The molecule has 1 heterocycles. The smallest absolute Gasteiger partial charge is 0.0504 e. The lowest BCUT2D eigenvalue weighted by atomic mass is 10.2. The first kappa shape index (κ1) is 12.8. The predicted octanol–water partition coefficient (Wildman–Crippen LogP) is 2.99. The molecule has 0 saturated carbocycles. The SMILES string of the molecule is CSc1ccccc1N1CCC(NC(C)C)C1. The van der Waals surface area contributed by atoms with Crippen molar-refractivity contribution < 1.29 is 0 Å². The lowest BCUT2D eigenvalue weighted by Gasteiger charge is -2.22. The van der Waals surface area contributed by atoms with Crippen molar-refractivity contribution in [1.82, 2.24) is 5.32 Å². The van der Waals surface area contributed by atoms with Gasteiger partial charge in [-0.05, 0) is 24.8 Å². The molecule has 0 radical (unpaired) electrons. The number of thioether (sulfide) groups is 1. The molecule has 1 atom stereocenters. The molecular formula is C14H22N2S. The van der Waals surface area contributed by atoms with Crippen LogP contribution < -0.4 is 10.2 Å². The highest BCUT2D eigenvalue weighted by Crippen LogP contribution is 2.30. The van der Waals surface area contributed by atoms with Gasteiger partial charge in [0.2, 0.25) is 0 Å². The van der Waals surface area contributed by atoms with Gasteiger partial charge in [0, 0.05) is 30.1 Å². The monoisotopic (exact) mass is 250 g/mol. The number of para-hydroxylation sites is 1. The highest BCUT2D eigenvalue weighted by molar-refractivity contribution is 7.98. The van der Waals surface area contributed by atoms with Crippen molar-refractivity contribution >= 4 is 17.4 Å². The fraction of sp³-hybridized carbons (Fsp3) is 0.571. The maximum atomic E-state index is 3.63. The summed E-state index contributed by atoms with van der Waals surface area (Å²) in [7, 11) is 0. The third kappa shape index (κ3) is 3.17. The fourth-order valence-electron chi connectivity index (χ4n) is 2.48. The molecule has 1 N–H and O–H groups in total. The van der Waals surface area contributed by atoms with Crippen molar-refractivity contribution in [1.29, 1.82) is 0 Å². The minimum Gasteiger partial charge on any atom is -0.369 e. The summed E-state index contributed by atoms with van der Waals surface area (Å²) in [6, 6.07) is 9.93. The zero-order valence-electron chi connectivity index (χ0n) is 10.9. The van der Waals surface area contributed by atoms with Crippen LogP contribution in [0.3, 0.4) is 0 Å². The summed E-state index contributed by atoms with van der Waals surface area (Å²) in [6.45, 7) is 6.74. The number of hydrogen-bond donors (Lipinski definition) is 1. The lowest BCUT2D eigenvalue weighted by Crippen LogP contribution is -2.37. The van der Waals surface area contributed by atoms with Crippen molar-refractivity contribution in [3.63, 3.8) is 0 Å². The van der Waals surface area contributed by atoms with E-state index in [2.05, 4.69) is 54.6 Å². The van der Waals surface area contributed by atoms with Gasteiger partial charge in [0.1, 0.15) is 0 Å². The van der Waals surface area contributed by atoms with Crippen molar-refractivity contribution in [2.24, 2.45) is 0 Å². The number of benzene rings is 1. The van der Waals surface area contributed by atoms with Crippen LogP contribution in [0.2, 0.25) is 0 Å². The largest absolute Gasteiger partial charge is 0.369 e. The highest BCUT2D eigenvalue weighted by atomic mass is 32.2. The molecule has 0 aliphatic carbocycles. The van der Waals surface area contributed by atoms with Gasteiger partial charge in [-0.25, -0.2) is 0 Å². The molecule has 0 amide bonds. The van der Waals surface area contributed by atoms with E-state index in [1.807, 2.05) is 11.8 Å². The molecule has 1 saturated heterocycles. The van der Waals surface area contributed by atoms with Crippen LogP contribution in [0.5, 0.6) is 0 Å². The zero-order chi connectivity index (χ0) is 12.3. The predicted molar refractivity (Wildman–Crippen MR) is 77.1 cm³/mol. The van der Waals surface area contributed by atoms with Gasteiger partial charge in [0.25, 0.3) is 0 Å². The molecule has 94 valence electrons. The van der Waals surface area contributed by atoms with E-state index in [0.717, 1.165) is 6.54 Å². The van der Waals surface area contributed by atoms with E-state index in [-0.39, 0.29) is 0 Å². The molecule has 1 aromatic carbocycles. The van der Waals surface area contributed by atoms with Crippen LogP contribution >= 0.6 is 11.8 Å². The van der Waals surface area contributed by atoms with Crippen LogP contribution in [0.1, 0.15) is 20.3 Å². The first-order chi connectivity index (χ1) is 8.20. The molecule has 0 bridgehead atoms. The molecule has 0 spiro atoms. The van der Waals surface area contributed by atoms with E-state index in [9.17, 15) is 0 Å². The van der Waals surface area contributed by atoms with E-state index in [4.69, 9.17) is 0 Å². The van der Waals surface area contributed by atoms with Gasteiger partial charge in [0.15, 0.2) is 0 Å². The van der Waals surface area contributed by atoms with Gasteiger partial charge in [0.05, 0.1) is 5.69 Å². The van der Waals surface area contributed by atoms with Crippen LogP contribution in [-0.2, 0) is 0 Å². The second-order valence-electron chi connectivity index (χ2n) is 4.92. The van der Waals surface area contributed by atoms with Gasteiger partial charge in [-0.3, -0.25) is 0 Å². The molecule has 1 aliphatic rings. The van der Waals surface area contributed by atoms with E-state index in [0.29, 0.717) is 12.1 Å². The molecule has 17 heavy (non-hydrogen) atoms. The topological polar surface area (TPSA) is 15.3 Å². The second-order valence-corrected chi connectivity index (χ2v) is 5.77. The minimum atomic E-state index is 0.579. The summed E-state index contributed by atoms with van der Waals surface area (Å²) < 4.78 is 0. The summed E-state index contributed by atoms with van der Waals surface area (Å²) in [4.78, 5) is 3.89. The van der Waals surface area contributed by atoms with Gasteiger partial charge in [-0.1, -0.05) is 26.0 Å². The summed E-state index contributed by atoms with van der Waals surface area (Å²) in [5.74, 6) is 0. The molecule has 1 fully saturated rings. The van der Waals surface area contributed by atoms with Gasteiger partial charge < -0.3 is 10.2 Å². The van der Waals surface area contributed by atoms with Crippen LogP contribution in [0.15, 0.2) is 29.2 Å². The normalized spacial score (nSPS) is 20.2. The van der Waals surface area contributed by atoms with Crippen LogP contribution in [0, 0.1) is 0 Å². The summed E-state index contributed by atoms with van der Waals surface area (Å²) in [6.07, 6.45) is 3.40. The standard InChI is InChI=1S/C14H22N2S/c1-11(2)15-12-8-9-16(10-12)13-6-4-5-7-14(13)17-3/h4-7,11-12,15H,8-10H2,1-3H3. The van der Waals surface area contributed by atoms with Crippen LogP contribution in [0.4, 0.5) is 5.69 Å². The number of rotatable bonds is 4. The summed E-state index contributed by atoms with van der Waals surface area (Å²) in [5.41, 5.74) is 1.40. The van der Waals surface area contributed by atoms with Gasteiger partial charge in [-0.15, -0.1) is 11.8 Å². The first-order valence-corrected chi connectivity index (χ1v) is 7.57. The Hall–Kier alpha value is -0.670. The average Bonchev–Trinajstić information content (AvgIpc) is 2.76. The number of hydrogen-bond acceptors (Lipinski definition) is 3. The van der Waals surface area contributed by atoms with E-state index >= 15 is 0 Å². The molecule has 2 nitrogen and oxygen atoms in total. The molecular weight excluding hydrogens is 228 g/mol. The molecule has 1 aromatic rings. The second kappa shape index (κ2) is 5.78. The number of nitrogens with one attached hydrogen (secondary N) is 1. The quantitative estimate of drug-likeness (QED) is 0.827. The molecule has 3 heteroatoms. The Morgan fingerprint density at radius 2 is 2.12 bits per heavy atom. The first-order valence-electron chi connectivity index (χ1n) is 6.34. The van der Waals surface area contributed by atoms with Gasteiger partial charge in [-0.2, -0.15) is 0 Å². The summed E-state index contributed by atoms with van der Waals surface area (Å²) >= 11 is 1.84. The van der Waals surface area contributed by atoms with Crippen molar-refractivity contribution in [3.8, 4) is 0 Å². The highest BCUT2D eigenvalue weighted by Gasteiger charge is 2.23. The molecule has 1 aliphatic heterocycles. The lowest BCUT2D eigenvalue weighted by molar-refractivity contribution is 0.492. The number of anilines is 1. The Labute approximate surface area is 109 Å². The molecule has 2 rings (SSSR count). The maximum Gasteiger partial charge on any atom is 0.0504 e. The summed E-state index contributed by atoms with van der Waals surface area (Å²) in [5, 5.41) is 3.63. The van der Waals surface area contributed by atoms with Gasteiger partial charge >= 0.3 is 0 Å². The minimum absolute atomic E-state index is 0.579. The van der Waals surface area contributed by atoms with E-state index in [1.165, 1.54) is 23.5 Å². The Bertz CT molecular complexity index is 365. The Kier molecular flexibility index (Phi) is 4.35. The Balaban J connectivity index is 2.04.